The summed E-state index contributed by atoms with van der Waals surface area (Å²) in [5.74, 6) is -0.733. The highest BCUT2D eigenvalue weighted by molar-refractivity contribution is 6.74. The van der Waals surface area contributed by atoms with Crippen LogP contribution in [0, 0.1) is 5.92 Å². The number of aliphatic hydroxyl groups is 2. The van der Waals surface area contributed by atoms with Crippen molar-refractivity contribution in [1.29, 1.82) is 0 Å². The molecule has 0 aliphatic carbocycles. The lowest BCUT2D eigenvalue weighted by atomic mass is 9.87. The quantitative estimate of drug-likeness (QED) is 0.615. The number of hydrogen-bond acceptors (Lipinski definition) is 7. The number of aliphatic hydroxyl groups excluding tert-OH is 2. The molecule has 3 N–H and O–H groups in total. The van der Waals surface area contributed by atoms with Gasteiger partial charge in [0.2, 0.25) is 0 Å². The molecule has 2 bridgehead atoms. The SMILES string of the molecule is CC(C)(C)[Si](C)(C)O[C@H]1[C@H]2C(O)OC[C@]1(CO)O[C@H]2n1ccc(=O)[nH]c1=O. The lowest BCUT2D eigenvalue weighted by Gasteiger charge is -2.46. The molecule has 0 saturated carbocycles. The minimum Gasteiger partial charge on any atom is -0.410 e. The summed E-state index contributed by atoms with van der Waals surface area (Å²) in [4.78, 5) is 25.8. The maximum absolute atomic E-state index is 12.3. The third-order valence-electron chi connectivity index (χ3n) is 6.00. The van der Waals surface area contributed by atoms with E-state index in [2.05, 4.69) is 38.8 Å². The Kier molecular flexibility index (Phi) is 5.03. The topological polar surface area (TPSA) is 123 Å². The molecule has 2 fully saturated rings. The van der Waals surface area contributed by atoms with Gasteiger partial charge in [-0.15, -0.1) is 0 Å². The maximum Gasteiger partial charge on any atom is 0.330 e. The van der Waals surface area contributed by atoms with E-state index in [0.717, 1.165) is 0 Å². The molecule has 9 nitrogen and oxygen atoms in total. The fourth-order valence-electron chi connectivity index (χ4n) is 3.35. The first-order valence-corrected chi connectivity index (χ1v) is 11.9. The molecule has 3 heterocycles. The predicted octanol–water partition coefficient (Wildman–Crippen LogP) is 0.152. The molecule has 1 aromatic rings. The molecule has 0 amide bonds. The maximum atomic E-state index is 12.3. The molecule has 1 unspecified atom stereocenters. The number of rotatable bonds is 4. The van der Waals surface area contributed by atoms with E-state index in [4.69, 9.17) is 13.9 Å². The zero-order valence-corrected chi connectivity index (χ0v) is 17.3. The van der Waals surface area contributed by atoms with E-state index in [0.29, 0.717) is 0 Å². The highest BCUT2D eigenvalue weighted by atomic mass is 28.4. The van der Waals surface area contributed by atoms with Crippen molar-refractivity contribution >= 4 is 8.32 Å². The van der Waals surface area contributed by atoms with Crippen molar-refractivity contribution in [3.63, 3.8) is 0 Å². The summed E-state index contributed by atoms with van der Waals surface area (Å²) in [6, 6.07) is 1.20. The van der Waals surface area contributed by atoms with Crippen LogP contribution in [0.25, 0.3) is 0 Å². The zero-order valence-electron chi connectivity index (χ0n) is 16.3. The van der Waals surface area contributed by atoms with Crippen LogP contribution in [0.4, 0.5) is 0 Å². The Morgan fingerprint density at radius 1 is 1.41 bits per heavy atom. The monoisotopic (exact) mass is 400 g/mol. The highest BCUT2D eigenvalue weighted by Gasteiger charge is 2.64. The third kappa shape index (κ3) is 3.34. The number of fused-ring (bicyclic) bond motifs is 2. The van der Waals surface area contributed by atoms with Gasteiger partial charge in [0, 0.05) is 12.3 Å². The fraction of sp³-hybridized carbons (Fsp3) is 0.765. The molecule has 0 spiro atoms. The van der Waals surface area contributed by atoms with Crippen LogP contribution in [-0.2, 0) is 13.9 Å². The number of nitrogens with one attached hydrogen (secondary N) is 1. The zero-order chi connectivity index (χ0) is 20.2. The third-order valence-corrected chi connectivity index (χ3v) is 10.5. The Labute approximate surface area is 158 Å². The summed E-state index contributed by atoms with van der Waals surface area (Å²) in [5.41, 5.74) is -2.38. The largest absolute Gasteiger partial charge is 0.410 e. The van der Waals surface area contributed by atoms with Gasteiger partial charge in [0.05, 0.1) is 25.2 Å². The van der Waals surface area contributed by atoms with Crippen LogP contribution >= 0.6 is 0 Å². The number of ether oxygens (including phenoxy) is 2. The average molecular weight is 401 g/mol. The number of aromatic amines is 1. The molecule has 0 radical (unpaired) electrons. The van der Waals surface area contributed by atoms with E-state index >= 15 is 0 Å². The minimum absolute atomic E-state index is 0.0605. The molecule has 2 aliphatic heterocycles. The van der Waals surface area contributed by atoms with Gasteiger partial charge in [-0.05, 0) is 18.1 Å². The number of aromatic nitrogens is 2. The molecule has 5 atom stereocenters. The van der Waals surface area contributed by atoms with Crippen LogP contribution in [0.2, 0.25) is 18.1 Å². The van der Waals surface area contributed by atoms with Gasteiger partial charge in [-0.2, -0.15) is 0 Å². The van der Waals surface area contributed by atoms with Crippen molar-refractivity contribution in [3.05, 3.63) is 33.1 Å². The molecule has 2 aliphatic rings. The van der Waals surface area contributed by atoms with Crippen molar-refractivity contribution in [3.8, 4) is 0 Å². The molecule has 27 heavy (non-hydrogen) atoms. The number of nitrogens with zero attached hydrogens (tertiary/aromatic N) is 1. The van der Waals surface area contributed by atoms with E-state index in [-0.39, 0.29) is 18.3 Å². The van der Waals surface area contributed by atoms with Crippen LogP contribution in [-0.4, -0.2) is 59.3 Å². The summed E-state index contributed by atoms with van der Waals surface area (Å²) < 4.78 is 19.2. The molecule has 10 heteroatoms. The first-order valence-electron chi connectivity index (χ1n) is 8.99. The Morgan fingerprint density at radius 3 is 2.63 bits per heavy atom. The highest BCUT2D eigenvalue weighted by Crippen LogP contribution is 2.51. The van der Waals surface area contributed by atoms with E-state index in [1.807, 2.05) is 0 Å². The van der Waals surface area contributed by atoms with Crippen LogP contribution in [0.5, 0.6) is 0 Å². The van der Waals surface area contributed by atoms with Gasteiger partial charge in [-0.25, -0.2) is 4.79 Å². The van der Waals surface area contributed by atoms with Gasteiger partial charge in [-0.1, -0.05) is 20.8 Å². The Morgan fingerprint density at radius 2 is 2.07 bits per heavy atom. The minimum atomic E-state index is -2.28. The molecule has 2 saturated heterocycles. The molecular weight excluding hydrogens is 372 g/mol. The Bertz CT molecular complexity index is 814. The Balaban J connectivity index is 2.05. The first-order chi connectivity index (χ1) is 12.4. The van der Waals surface area contributed by atoms with Crippen molar-refractivity contribution < 1.29 is 24.1 Å². The molecule has 1 aromatic heterocycles. The molecular formula is C17H28N2O7Si. The summed E-state index contributed by atoms with van der Waals surface area (Å²) in [6.45, 7) is 9.97. The lowest BCUT2D eigenvalue weighted by molar-refractivity contribution is -0.222. The van der Waals surface area contributed by atoms with Gasteiger partial charge >= 0.3 is 5.69 Å². The molecule has 152 valence electrons. The Hall–Kier alpha value is -1.30. The predicted molar refractivity (Wildman–Crippen MR) is 98.8 cm³/mol. The van der Waals surface area contributed by atoms with E-state index in [1.54, 1.807) is 0 Å². The number of H-pyrrole nitrogens is 1. The first kappa shape index (κ1) is 20.4. The van der Waals surface area contributed by atoms with Crippen LogP contribution < -0.4 is 11.2 Å². The second-order valence-corrected chi connectivity index (χ2v) is 13.6. The van der Waals surface area contributed by atoms with E-state index in [9.17, 15) is 19.8 Å². The summed E-state index contributed by atoms with van der Waals surface area (Å²) in [6.07, 6.45) is -1.51. The summed E-state index contributed by atoms with van der Waals surface area (Å²) in [7, 11) is -2.28. The van der Waals surface area contributed by atoms with Crippen LogP contribution in [0.1, 0.15) is 27.0 Å². The summed E-state index contributed by atoms with van der Waals surface area (Å²) >= 11 is 0. The second-order valence-electron chi connectivity index (χ2n) is 8.83. The van der Waals surface area contributed by atoms with Gasteiger partial charge in [0.15, 0.2) is 14.6 Å². The van der Waals surface area contributed by atoms with Crippen LogP contribution in [0.3, 0.4) is 0 Å². The van der Waals surface area contributed by atoms with E-state index in [1.165, 1.54) is 16.8 Å². The fourth-order valence-corrected chi connectivity index (χ4v) is 4.71. The van der Waals surface area contributed by atoms with Gasteiger partial charge in [0.25, 0.3) is 5.56 Å². The van der Waals surface area contributed by atoms with Crippen LogP contribution in [0.15, 0.2) is 21.9 Å². The van der Waals surface area contributed by atoms with E-state index < -0.39 is 49.7 Å². The second kappa shape index (κ2) is 6.64. The number of hydrogen-bond donors (Lipinski definition) is 3. The smallest absolute Gasteiger partial charge is 0.330 e. The van der Waals surface area contributed by atoms with Crippen molar-refractivity contribution in [2.24, 2.45) is 5.92 Å². The van der Waals surface area contributed by atoms with Crippen molar-refractivity contribution in [2.45, 2.75) is 63.1 Å². The lowest BCUT2D eigenvalue weighted by Crippen LogP contribution is -2.60. The molecule has 3 rings (SSSR count). The molecule has 0 aromatic carbocycles. The average Bonchev–Trinajstić information content (AvgIpc) is 2.76. The van der Waals surface area contributed by atoms with Gasteiger partial charge in [-0.3, -0.25) is 14.3 Å². The normalized spacial score (nSPS) is 34.0. The van der Waals surface area contributed by atoms with Crippen molar-refractivity contribution in [2.75, 3.05) is 13.2 Å². The van der Waals surface area contributed by atoms with Gasteiger partial charge < -0.3 is 24.1 Å². The standard InChI is InChI=1S/C17H28N2O7Si/c1-16(2,3)27(4,5)26-12-11-13(19-7-6-10(21)18-15(19)23)25-17(12,8-20)9-24-14(11)22/h6-7,11-14,20,22H,8-9H2,1-5H3,(H,18,21,23)/t11-,12+,13-,14?,17+/m1/s1. The van der Waals surface area contributed by atoms with Crippen molar-refractivity contribution in [1.82, 2.24) is 9.55 Å². The summed E-state index contributed by atoms with van der Waals surface area (Å²) in [5, 5.41) is 20.5. The van der Waals surface area contributed by atoms with Gasteiger partial charge in [0.1, 0.15) is 11.8 Å².